The summed E-state index contributed by atoms with van der Waals surface area (Å²) in [5.41, 5.74) is 1.44. The molecule has 2 aromatic rings. The van der Waals surface area contributed by atoms with Crippen molar-refractivity contribution in [2.75, 3.05) is 6.61 Å². The third kappa shape index (κ3) is 1.37. The maximum Gasteiger partial charge on any atom is 0.154 e. The van der Waals surface area contributed by atoms with Gasteiger partial charge in [-0.2, -0.15) is 5.10 Å². The van der Waals surface area contributed by atoms with Gasteiger partial charge >= 0.3 is 0 Å². The molecular formula is C9H7N3O. The predicted molar refractivity (Wildman–Crippen MR) is 47.0 cm³/mol. The summed E-state index contributed by atoms with van der Waals surface area (Å²) >= 11 is 0. The lowest BCUT2D eigenvalue weighted by molar-refractivity contribution is 0.350. The van der Waals surface area contributed by atoms with Crippen LogP contribution in [0.1, 0.15) is 5.69 Å². The molecule has 0 atom stereocenters. The molecule has 1 N–H and O–H groups in total. The second kappa shape index (κ2) is 3.25. The van der Waals surface area contributed by atoms with Crippen molar-refractivity contribution in [3.8, 4) is 11.8 Å². The highest BCUT2D eigenvalue weighted by Crippen LogP contribution is 2.01. The van der Waals surface area contributed by atoms with Gasteiger partial charge in [0.25, 0.3) is 0 Å². The molecule has 0 amide bonds. The van der Waals surface area contributed by atoms with Gasteiger partial charge < -0.3 is 5.11 Å². The van der Waals surface area contributed by atoms with Gasteiger partial charge in [-0.15, -0.1) is 0 Å². The number of aliphatic hydroxyl groups is 1. The lowest BCUT2D eigenvalue weighted by Crippen LogP contribution is -1.92. The molecule has 0 fully saturated rings. The highest BCUT2D eigenvalue weighted by atomic mass is 16.2. The minimum atomic E-state index is -0.153. The molecule has 0 aliphatic rings. The average molecular weight is 173 g/mol. The molecule has 0 radical (unpaired) electrons. The Bertz CT molecular complexity index is 478. The maximum absolute atomic E-state index is 8.51. The largest absolute Gasteiger partial charge is 0.384 e. The Kier molecular flexibility index (Phi) is 1.94. The average Bonchev–Trinajstić information content (AvgIpc) is 2.58. The number of rotatable bonds is 0. The first-order chi connectivity index (χ1) is 6.42. The molecule has 0 aromatic carbocycles. The summed E-state index contributed by atoms with van der Waals surface area (Å²) < 4.78 is 1.63. The van der Waals surface area contributed by atoms with Crippen molar-refractivity contribution in [1.29, 1.82) is 0 Å². The van der Waals surface area contributed by atoms with E-state index in [-0.39, 0.29) is 6.61 Å². The van der Waals surface area contributed by atoms with Gasteiger partial charge in [0.15, 0.2) is 5.65 Å². The van der Waals surface area contributed by atoms with Crippen LogP contribution in [0.2, 0.25) is 0 Å². The normalized spacial score (nSPS) is 9.62. The molecule has 0 saturated heterocycles. The van der Waals surface area contributed by atoms with Crippen molar-refractivity contribution in [2.24, 2.45) is 0 Å². The first-order valence-electron chi connectivity index (χ1n) is 3.80. The molecular weight excluding hydrogens is 166 g/mol. The Morgan fingerprint density at radius 3 is 3.31 bits per heavy atom. The molecule has 0 saturated carbocycles. The molecule has 4 nitrogen and oxygen atoms in total. The van der Waals surface area contributed by atoms with Gasteiger partial charge in [0.2, 0.25) is 0 Å². The zero-order valence-corrected chi connectivity index (χ0v) is 6.81. The molecule has 2 heterocycles. The molecule has 2 aromatic heterocycles. The Hall–Kier alpha value is -1.86. The monoisotopic (exact) mass is 173 g/mol. The minimum Gasteiger partial charge on any atom is -0.384 e. The van der Waals surface area contributed by atoms with Crippen LogP contribution in [-0.2, 0) is 0 Å². The summed E-state index contributed by atoms with van der Waals surface area (Å²) in [7, 11) is 0. The predicted octanol–water partition coefficient (Wildman–Crippen LogP) is 0.0731. The van der Waals surface area contributed by atoms with Gasteiger partial charge in [0.1, 0.15) is 12.3 Å². The Morgan fingerprint density at radius 1 is 1.54 bits per heavy atom. The number of hydrogen-bond acceptors (Lipinski definition) is 3. The fourth-order valence-electron chi connectivity index (χ4n) is 1.04. The van der Waals surface area contributed by atoms with E-state index in [0.717, 1.165) is 5.65 Å². The molecule has 4 heteroatoms. The molecule has 0 spiro atoms. The first-order valence-corrected chi connectivity index (χ1v) is 3.80. The highest BCUT2D eigenvalue weighted by molar-refractivity contribution is 5.42. The van der Waals surface area contributed by atoms with Gasteiger partial charge in [-0.1, -0.05) is 5.92 Å². The van der Waals surface area contributed by atoms with Gasteiger partial charge in [0.05, 0.1) is 6.20 Å². The summed E-state index contributed by atoms with van der Waals surface area (Å²) in [6.07, 6.45) is 3.30. The van der Waals surface area contributed by atoms with Gasteiger partial charge in [-0.3, -0.25) is 0 Å². The summed E-state index contributed by atoms with van der Waals surface area (Å²) in [6.45, 7) is -0.153. The molecule has 13 heavy (non-hydrogen) atoms. The summed E-state index contributed by atoms with van der Waals surface area (Å²) in [4.78, 5) is 4.09. The van der Waals surface area contributed by atoms with Crippen LogP contribution in [0.15, 0.2) is 24.5 Å². The molecule has 2 rings (SSSR count). The van der Waals surface area contributed by atoms with E-state index < -0.39 is 0 Å². The van der Waals surface area contributed by atoms with E-state index in [2.05, 4.69) is 21.9 Å². The summed E-state index contributed by atoms with van der Waals surface area (Å²) in [6, 6.07) is 3.66. The smallest absolute Gasteiger partial charge is 0.154 e. The molecule has 0 aliphatic carbocycles. The lowest BCUT2D eigenvalue weighted by Gasteiger charge is -1.90. The maximum atomic E-state index is 8.51. The van der Waals surface area contributed by atoms with Gasteiger partial charge in [-0.25, -0.2) is 9.50 Å². The standard InChI is InChI=1S/C9H7N3O/c13-6-2-3-8-7-10-9-4-1-5-11-12(8)9/h1,4-5,7,13H,6H2. The Balaban J connectivity index is 2.58. The van der Waals surface area contributed by atoms with Gasteiger partial charge in [0, 0.05) is 6.20 Å². The van der Waals surface area contributed by atoms with E-state index >= 15 is 0 Å². The van der Waals surface area contributed by atoms with Crippen LogP contribution >= 0.6 is 0 Å². The second-order valence-corrected chi connectivity index (χ2v) is 2.40. The van der Waals surface area contributed by atoms with Crippen LogP contribution in [0, 0.1) is 11.8 Å². The number of aliphatic hydroxyl groups excluding tert-OH is 1. The summed E-state index contributed by atoms with van der Waals surface area (Å²) in [5, 5.41) is 12.6. The van der Waals surface area contributed by atoms with E-state index in [4.69, 9.17) is 5.11 Å². The van der Waals surface area contributed by atoms with Crippen LogP contribution in [-0.4, -0.2) is 26.3 Å². The number of fused-ring (bicyclic) bond motifs is 1. The van der Waals surface area contributed by atoms with Crippen LogP contribution in [0.4, 0.5) is 0 Å². The number of aromatic nitrogens is 3. The highest BCUT2D eigenvalue weighted by Gasteiger charge is 1.98. The number of hydrogen-bond donors (Lipinski definition) is 1. The fourth-order valence-corrected chi connectivity index (χ4v) is 1.04. The van der Waals surface area contributed by atoms with E-state index in [9.17, 15) is 0 Å². The van der Waals surface area contributed by atoms with Crippen molar-refractivity contribution in [3.63, 3.8) is 0 Å². The molecule has 64 valence electrons. The van der Waals surface area contributed by atoms with Crippen LogP contribution in [0.5, 0.6) is 0 Å². The van der Waals surface area contributed by atoms with Crippen LogP contribution in [0.25, 0.3) is 5.65 Å². The Morgan fingerprint density at radius 2 is 2.46 bits per heavy atom. The molecule has 0 bridgehead atoms. The third-order valence-electron chi connectivity index (χ3n) is 1.57. The van der Waals surface area contributed by atoms with E-state index in [1.54, 1.807) is 16.9 Å². The quantitative estimate of drug-likeness (QED) is 0.574. The number of nitrogens with zero attached hydrogens (tertiary/aromatic N) is 3. The van der Waals surface area contributed by atoms with Gasteiger partial charge in [-0.05, 0) is 18.1 Å². The zero-order valence-electron chi connectivity index (χ0n) is 6.81. The fraction of sp³-hybridized carbons (Fsp3) is 0.111. The third-order valence-corrected chi connectivity index (χ3v) is 1.57. The Labute approximate surface area is 74.8 Å². The second-order valence-electron chi connectivity index (χ2n) is 2.40. The first kappa shape index (κ1) is 7.77. The summed E-state index contributed by atoms with van der Waals surface area (Å²) in [5.74, 6) is 5.30. The lowest BCUT2D eigenvalue weighted by atomic mass is 10.4. The van der Waals surface area contributed by atoms with Crippen molar-refractivity contribution in [2.45, 2.75) is 0 Å². The molecule has 0 aliphatic heterocycles. The minimum absolute atomic E-state index is 0.153. The van der Waals surface area contributed by atoms with E-state index in [1.807, 2.05) is 12.1 Å². The SMILES string of the molecule is OCC#Cc1cnc2cccnn12. The van der Waals surface area contributed by atoms with Crippen molar-refractivity contribution >= 4 is 5.65 Å². The van der Waals surface area contributed by atoms with Crippen molar-refractivity contribution in [1.82, 2.24) is 14.6 Å². The van der Waals surface area contributed by atoms with Crippen LogP contribution in [0.3, 0.4) is 0 Å². The van der Waals surface area contributed by atoms with E-state index in [0.29, 0.717) is 5.69 Å². The van der Waals surface area contributed by atoms with E-state index in [1.165, 1.54) is 0 Å². The van der Waals surface area contributed by atoms with Crippen LogP contribution < -0.4 is 0 Å². The number of imidazole rings is 1. The van der Waals surface area contributed by atoms with Crippen molar-refractivity contribution in [3.05, 3.63) is 30.2 Å². The zero-order chi connectivity index (χ0) is 9.10. The van der Waals surface area contributed by atoms with Crippen molar-refractivity contribution < 1.29 is 5.11 Å². The molecule has 0 unspecified atom stereocenters. The topological polar surface area (TPSA) is 50.4 Å².